The lowest BCUT2D eigenvalue weighted by atomic mass is 10.1. The summed E-state index contributed by atoms with van der Waals surface area (Å²) in [4.78, 5) is 0. The van der Waals surface area contributed by atoms with E-state index < -0.39 is 6.10 Å². The number of aliphatic hydroxyl groups is 1. The topological polar surface area (TPSA) is 38.7 Å². The fourth-order valence-electron chi connectivity index (χ4n) is 1.51. The Hall–Kier alpha value is -0.680. The van der Waals surface area contributed by atoms with Crippen molar-refractivity contribution in [3.63, 3.8) is 0 Å². The monoisotopic (exact) mass is 276 g/mol. The summed E-state index contributed by atoms with van der Waals surface area (Å²) in [7, 11) is 1.61. The Kier molecular flexibility index (Phi) is 7.20. The van der Waals surface area contributed by atoms with Gasteiger partial charge in [-0.25, -0.2) is 4.39 Å². The second-order valence-electron chi connectivity index (χ2n) is 3.99. The molecule has 0 aliphatic rings. The van der Waals surface area contributed by atoms with Gasteiger partial charge in [0, 0.05) is 18.7 Å². The number of rotatable bonds is 8. The van der Waals surface area contributed by atoms with Crippen molar-refractivity contribution in [2.75, 3.05) is 26.9 Å². The van der Waals surface area contributed by atoms with Crippen LogP contribution in [0.3, 0.4) is 0 Å². The number of ether oxygens (including phenoxy) is 2. The minimum atomic E-state index is -0.546. The van der Waals surface area contributed by atoms with Gasteiger partial charge in [0.2, 0.25) is 0 Å². The molecule has 0 radical (unpaired) electrons. The van der Waals surface area contributed by atoms with Crippen molar-refractivity contribution in [3.8, 4) is 0 Å². The summed E-state index contributed by atoms with van der Waals surface area (Å²) >= 11 is 5.88. The Bertz CT molecular complexity index is 360. The quantitative estimate of drug-likeness (QED) is 0.741. The molecule has 3 nitrogen and oxygen atoms in total. The highest BCUT2D eigenvalue weighted by atomic mass is 35.5. The van der Waals surface area contributed by atoms with Crippen LogP contribution in [0.5, 0.6) is 0 Å². The third kappa shape index (κ3) is 5.78. The zero-order chi connectivity index (χ0) is 13.4. The van der Waals surface area contributed by atoms with Crippen LogP contribution >= 0.6 is 11.6 Å². The Labute approximate surface area is 111 Å². The summed E-state index contributed by atoms with van der Waals surface area (Å²) in [6.07, 6.45) is 0.361. The smallest absolute Gasteiger partial charge is 0.124 e. The summed E-state index contributed by atoms with van der Waals surface area (Å²) in [5, 5.41) is 10.1. The summed E-state index contributed by atoms with van der Waals surface area (Å²) in [6, 6.07) is 4.17. The van der Waals surface area contributed by atoms with E-state index in [0.29, 0.717) is 37.7 Å². The molecule has 0 saturated carbocycles. The SMILES string of the molecule is COCCOCCC(O)Cc1ccc(F)cc1Cl. The number of hydrogen-bond donors (Lipinski definition) is 1. The zero-order valence-electron chi connectivity index (χ0n) is 10.4. The zero-order valence-corrected chi connectivity index (χ0v) is 11.1. The fraction of sp³-hybridized carbons (Fsp3) is 0.538. The first-order valence-corrected chi connectivity index (χ1v) is 6.20. The molecule has 1 aromatic carbocycles. The Morgan fingerprint density at radius 3 is 2.78 bits per heavy atom. The second kappa shape index (κ2) is 8.43. The van der Waals surface area contributed by atoms with Gasteiger partial charge in [-0.2, -0.15) is 0 Å². The summed E-state index contributed by atoms with van der Waals surface area (Å²) in [5.41, 5.74) is 0.738. The first-order chi connectivity index (χ1) is 8.63. The van der Waals surface area contributed by atoms with Gasteiger partial charge >= 0.3 is 0 Å². The number of hydrogen-bond acceptors (Lipinski definition) is 3. The van der Waals surface area contributed by atoms with Crippen LogP contribution < -0.4 is 0 Å². The molecule has 0 aliphatic carbocycles. The van der Waals surface area contributed by atoms with Gasteiger partial charge in [0.05, 0.1) is 19.3 Å². The molecule has 0 aliphatic heterocycles. The summed E-state index contributed by atoms with van der Waals surface area (Å²) < 4.78 is 22.9. The van der Waals surface area contributed by atoms with E-state index in [1.54, 1.807) is 13.2 Å². The van der Waals surface area contributed by atoms with Gasteiger partial charge < -0.3 is 14.6 Å². The van der Waals surface area contributed by atoms with Crippen molar-refractivity contribution in [1.82, 2.24) is 0 Å². The van der Waals surface area contributed by atoms with Crippen LogP contribution in [-0.2, 0) is 15.9 Å². The molecule has 0 amide bonds. The van der Waals surface area contributed by atoms with E-state index in [0.717, 1.165) is 5.56 Å². The molecule has 1 rings (SSSR count). The van der Waals surface area contributed by atoms with Gasteiger partial charge in [-0.3, -0.25) is 0 Å². The van der Waals surface area contributed by atoms with Gasteiger partial charge in [-0.05, 0) is 30.5 Å². The van der Waals surface area contributed by atoms with Crippen molar-refractivity contribution in [3.05, 3.63) is 34.6 Å². The van der Waals surface area contributed by atoms with E-state index in [1.165, 1.54) is 12.1 Å². The first-order valence-electron chi connectivity index (χ1n) is 5.82. The van der Waals surface area contributed by atoms with Crippen LogP contribution in [0, 0.1) is 5.82 Å². The third-order valence-corrected chi connectivity index (χ3v) is 2.85. The lowest BCUT2D eigenvalue weighted by molar-refractivity contribution is 0.0479. The van der Waals surface area contributed by atoms with E-state index in [9.17, 15) is 9.50 Å². The van der Waals surface area contributed by atoms with E-state index in [4.69, 9.17) is 21.1 Å². The van der Waals surface area contributed by atoms with Crippen LogP contribution in [0.1, 0.15) is 12.0 Å². The largest absolute Gasteiger partial charge is 0.393 e. The second-order valence-corrected chi connectivity index (χ2v) is 4.39. The average molecular weight is 277 g/mol. The highest BCUT2D eigenvalue weighted by Crippen LogP contribution is 2.19. The maximum absolute atomic E-state index is 12.8. The lowest BCUT2D eigenvalue weighted by Gasteiger charge is -2.12. The first kappa shape index (κ1) is 15.4. The normalized spacial score (nSPS) is 12.7. The van der Waals surface area contributed by atoms with Crippen LogP contribution in [0.2, 0.25) is 5.02 Å². The van der Waals surface area contributed by atoms with Crippen molar-refractivity contribution >= 4 is 11.6 Å². The molecule has 0 fully saturated rings. The molecule has 1 atom stereocenters. The third-order valence-electron chi connectivity index (χ3n) is 2.50. The number of aliphatic hydroxyl groups excluding tert-OH is 1. The van der Waals surface area contributed by atoms with Gasteiger partial charge in [-0.15, -0.1) is 0 Å². The van der Waals surface area contributed by atoms with Crippen molar-refractivity contribution in [1.29, 1.82) is 0 Å². The molecule has 5 heteroatoms. The average Bonchev–Trinajstić information content (AvgIpc) is 2.32. The summed E-state index contributed by atoms with van der Waals surface area (Å²) in [6.45, 7) is 1.52. The molecule has 0 bridgehead atoms. The molecule has 1 aromatic rings. The minimum absolute atomic E-state index is 0.342. The number of methoxy groups -OCH3 is 1. The van der Waals surface area contributed by atoms with E-state index in [1.807, 2.05) is 0 Å². The lowest BCUT2D eigenvalue weighted by Crippen LogP contribution is -2.15. The van der Waals surface area contributed by atoms with Gasteiger partial charge in [-0.1, -0.05) is 17.7 Å². The van der Waals surface area contributed by atoms with Crippen LogP contribution in [0.4, 0.5) is 4.39 Å². The van der Waals surface area contributed by atoms with Crippen LogP contribution in [0.25, 0.3) is 0 Å². The predicted molar refractivity (Wildman–Crippen MR) is 68.4 cm³/mol. The van der Waals surface area contributed by atoms with Crippen molar-refractivity contribution in [2.45, 2.75) is 18.9 Å². The Balaban J connectivity index is 2.28. The molecular weight excluding hydrogens is 259 g/mol. The Morgan fingerprint density at radius 1 is 1.33 bits per heavy atom. The van der Waals surface area contributed by atoms with E-state index in [2.05, 4.69) is 0 Å². The molecule has 1 N–H and O–H groups in total. The highest BCUT2D eigenvalue weighted by molar-refractivity contribution is 6.31. The molecule has 102 valence electrons. The molecule has 0 saturated heterocycles. The van der Waals surface area contributed by atoms with Gasteiger partial charge in [0.15, 0.2) is 0 Å². The van der Waals surface area contributed by atoms with Crippen molar-refractivity contribution in [2.24, 2.45) is 0 Å². The summed E-state index contributed by atoms with van der Waals surface area (Å²) in [5.74, 6) is -0.374. The van der Waals surface area contributed by atoms with Crippen molar-refractivity contribution < 1.29 is 19.0 Å². The molecule has 0 heterocycles. The maximum atomic E-state index is 12.8. The molecule has 0 spiro atoms. The maximum Gasteiger partial charge on any atom is 0.124 e. The minimum Gasteiger partial charge on any atom is -0.393 e. The van der Waals surface area contributed by atoms with Gasteiger partial charge in [0.1, 0.15) is 5.82 Å². The standard InChI is InChI=1S/C13H18ClFO3/c1-17-6-7-18-5-4-12(16)8-10-2-3-11(15)9-13(10)14/h2-3,9,12,16H,4-8H2,1H3. The number of halogens is 2. The molecule has 1 unspecified atom stereocenters. The van der Waals surface area contributed by atoms with Gasteiger partial charge in [0.25, 0.3) is 0 Å². The fourth-order valence-corrected chi connectivity index (χ4v) is 1.75. The molecular formula is C13H18ClFO3. The van der Waals surface area contributed by atoms with E-state index >= 15 is 0 Å². The van der Waals surface area contributed by atoms with Crippen LogP contribution in [0.15, 0.2) is 18.2 Å². The highest BCUT2D eigenvalue weighted by Gasteiger charge is 2.09. The predicted octanol–water partition coefficient (Wildman–Crippen LogP) is 2.44. The molecule has 18 heavy (non-hydrogen) atoms. The molecule has 0 aromatic heterocycles. The Morgan fingerprint density at radius 2 is 2.11 bits per heavy atom. The number of benzene rings is 1. The van der Waals surface area contributed by atoms with Crippen LogP contribution in [-0.4, -0.2) is 38.1 Å². The van der Waals surface area contributed by atoms with E-state index in [-0.39, 0.29) is 5.82 Å².